The van der Waals surface area contributed by atoms with E-state index in [9.17, 15) is 9.18 Å². The third kappa shape index (κ3) is 3.04. The van der Waals surface area contributed by atoms with Crippen LogP contribution in [0.2, 0.25) is 0 Å². The maximum Gasteiger partial charge on any atom is 0.227 e. The van der Waals surface area contributed by atoms with Gasteiger partial charge in [-0.3, -0.25) is 4.79 Å². The SMILES string of the molecule is O=C(NC1CCc2c(F)cccc21)C1(Cc2cn[nH]n2)CCOCC1. The van der Waals surface area contributed by atoms with Gasteiger partial charge in [0, 0.05) is 19.6 Å². The molecular formula is C18H21FN4O2. The standard InChI is InChI=1S/C18H21FN4O2/c19-15-3-1-2-14-13(15)4-5-16(14)21-17(24)18(6-8-25-9-7-18)10-12-11-20-23-22-12/h1-3,11,16H,4-10H2,(H,21,24)(H,20,22,23). The van der Waals surface area contributed by atoms with Crippen LogP contribution in [-0.4, -0.2) is 34.5 Å². The number of aromatic amines is 1. The molecular weight excluding hydrogens is 323 g/mol. The highest BCUT2D eigenvalue weighted by atomic mass is 19.1. The van der Waals surface area contributed by atoms with E-state index in [2.05, 4.69) is 20.7 Å². The number of carbonyl (C=O) groups excluding carboxylic acids is 1. The maximum absolute atomic E-state index is 13.9. The largest absolute Gasteiger partial charge is 0.381 e. The summed E-state index contributed by atoms with van der Waals surface area (Å²) in [5.41, 5.74) is 1.85. The fraction of sp³-hybridized carbons (Fsp3) is 0.500. The Hall–Kier alpha value is -2.28. The molecule has 1 amide bonds. The van der Waals surface area contributed by atoms with Crippen molar-refractivity contribution in [1.82, 2.24) is 20.7 Å². The zero-order valence-corrected chi connectivity index (χ0v) is 13.9. The van der Waals surface area contributed by atoms with E-state index >= 15 is 0 Å². The van der Waals surface area contributed by atoms with Gasteiger partial charge in [-0.25, -0.2) is 4.39 Å². The predicted molar refractivity (Wildman–Crippen MR) is 88.2 cm³/mol. The van der Waals surface area contributed by atoms with Crippen LogP contribution in [0.4, 0.5) is 4.39 Å². The van der Waals surface area contributed by atoms with Crippen molar-refractivity contribution in [3.05, 3.63) is 47.0 Å². The number of H-pyrrole nitrogens is 1. The van der Waals surface area contributed by atoms with E-state index < -0.39 is 5.41 Å². The van der Waals surface area contributed by atoms with Crippen LogP contribution in [0.3, 0.4) is 0 Å². The molecule has 25 heavy (non-hydrogen) atoms. The second-order valence-electron chi connectivity index (χ2n) is 6.90. The number of carbonyl (C=O) groups is 1. The summed E-state index contributed by atoms with van der Waals surface area (Å²) in [4.78, 5) is 13.2. The molecule has 132 valence electrons. The molecule has 4 rings (SSSR count). The van der Waals surface area contributed by atoms with E-state index in [0.717, 1.165) is 23.2 Å². The summed E-state index contributed by atoms with van der Waals surface area (Å²) >= 11 is 0. The smallest absolute Gasteiger partial charge is 0.227 e. The summed E-state index contributed by atoms with van der Waals surface area (Å²) in [6.07, 6.45) is 4.87. The molecule has 1 aromatic heterocycles. The Morgan fingerprint density at radius 1 is 1.40 bits per heavy atom. The van der Waals surface area contributed by atoms with Crippen molar-refractivity contribution in [2.75, 3.05) is 13.2 Å². The minimum absolute atomic E-state index is 0.000844. The first-order valence-electron chi connectivity index (χ1n) is 8.69. The van der Waals surface area contributed by atoms with Crippen molar-refractivity contribution in [3.8, 4) is 0 Å². The van der Waals surface area contributed by atoms with E-state index in [1.54, 1.807) is 12.3 Å². The molecule has 6 nitrogen and oxygen atoms in total. The molecule has 2 aromatic rings. The number of amides is 1. The van der Waals surface area contributed by atoms with Crippen LogP contribution >= 0.6 is 0 Å². The van der Waals surface area contributed by atoms with Crippen molar-refractivity contribution < 1.29 is 13.9 Å². The van der Waals surface area contributed by atoms with Gasteiger partial charge in [-0.05, 0) is 42.9 Å². The van der Waals surface area contributed by atoms with Crippen LogP contribution in [0.5, 0.6) is 0 Å². The molecule has 0 bridgehead atoms. The normalized spacial score (nSPS) is 21.7. The Morgan fingerprint density at radius 2 is 2.24 bits per heavy atom. The van der Waals surface area contributed by atoms with Crippen LogP contribution < -0.4 is 5.32 Å². The first-order valence-corrected chi connectivity index (χ1v) is 8.69. The lowest BCUT2D eigenvalue weighted by Gasteiger charge is -2.36. The number of ether oxygens (including phenoxy) is 1. The van der Waals surface area contributed by atoms with Gasteiger partial charge in [-0.15, -0.1) is 0 Å². The van der Waals surface area contributed by atoms with Gasteiger partial charge >= 0.3 is 0 Å². The number of nitrogens with one attached hydrogen (secondary N) is 2. The predicted octanol–water partition coefficient (Wildman–Crippen LogP) is 2.09. The number of nitrogens with zero attached hydrogens (tertiary/aromatic N) is 2. The van der Waals surface area contributed by atoms with Gasteiger partial charge in [-0.1, -0.05) is 12.1 Å². The van der Waals surface area contributed by atoms with Crippen molar-refractivity contribution in [1.29, 1.82) is 0 Å². The van der Waals surface area contributed by atoms with E-state index in [4.69, 9.17) is 4.74 Å². The molecule has 0 spiro atoms. The van der Waals surface area contributed by atoms with E-state index in [-0.39, 0.29) is 17.8 Å². The number of hydrogen-bond acceptors (Lipinski definition) is 4. The van der Waals surface area contributed by atoms with E-state index in [1.165, 1.54) is 6.07 Å². The number of halogens is 1. The van der Waals surface area contributed by atoms with Crippen LogP contribution in [0.15, 0.2) is 24.4 Å². The summed E-state index contributed by atoms with van der Waals surface area (Å²) < 4.78 is 19.4. The van der Waals surface area contributed by atoms with Crippen molar-refractivity contribution in [3.63, 3.8) is 0 Å². The van der Waals surface area contributed by atoms with Gasteiger partial charge in [0.05, 0.1) is 23.3 Å². The fourth-order valence-electron chi connectivity index (χ4n) is 3.97. The van der Waals surface area contributed by atoms with Gasteiger partial charge in [0.25, 0.3) is 0 Å². The lowest BCUT2D eigenvalue weighted by Crippen LogP contribution is -2.47. The highest BCUT2D eigenvalue weighted by Crippen LogP contribution is 2.37. The van der Waals surface area contributed by atoms with E-state index in [1.807, 2.05) is 6.07 Å². The molecule has 0 radical (unpaired) electrons. The van der Waals surface area contributed by atoms with Gasteiger partial charge in [-0.2, -0.15) is 15.4 Å². The number of hydrogen-bond donors (Lipinski definition) is 2. The summed E-state index contributed by atoms with van der Waals surface area (Å²) in [5, 5.41) is 13.7. The number of fused-ring (bicyclic) bond motifs is 1. The topological polar surface area (TPSA) is 79.9 Å². The second-order valence-corrected chi connectivity index (χ2v) is 6.90. The van der Waals surface area contributed by atoms with Crippen molar-refractivity contribution >= 4 is 5.91 Å². The van der Waals surface area contributed by atoms with Crippen LogP contribution in [0, 0.1) is 11.2 Å². The monoisotopic (exact) mass is 344 g/mol. The van der Waals surface area contributed by atoms with Crippen molar-refractivity contribution in [2.45, 2.75) is 38.1 Å². The minimum atomic E-state index is -0.550. The highest BCUT2D eigenvalue weighted by Gasteiger charge is 2.42. The zero-order chi connectivity index (χ0) is 17.3. The van der Waals surface area contributed by atoms with E-state index in [0.29, 0.717) is 38.9 Å². The molecule has 1 atom stereocenters. The molecule has 1 aliphatic heterocycles. The zero-order valence-electron chi connectivity index (χ0n) is 13.9. The number of rotatable bonds is 4. The molecule has 2 N–H and O–H groups in total. The van der Waals surface area contributed by atoms with Gasteiger partial charge < -0.3 is 10.1 Å². The Morgan fingerprint density at radius 3 is 3.00 bits per heavy atom. The number of aromatic nitrogens is 3. The Bertz CT molecular complexity index is 756. The first-order chi connectivity index (χ1) is 12.2. The van der Waals surface area contributed by atoms with Crippen LogP contribution in [0.25, 0.3) is 0 Å². The van der Waals surface area contributed by atoms with Gasteiger partial charge in [0.2, 0.25) is 5.91 Å². The van der Waals surface area contributed by atoms with Crippen LogP contribution in [0.1, 0.15) is 42.1 Å². The summed E-state index contributed by atoms with van der Waals surface area (Å²) in [6, 6.07) is 4.96. The van der Waals surface area contributed by atoms with Crippen molar-refractivity contribution in [2.24, 2.45) is 5.41 Å². The highest BCUT2D eigenvalue weighted by molar-refractivity contribution is 5.83. The molecule has 7 heteroatoms. The lowest BCUT2D eigenvalue weighted by atomic mass is 9.75. The minimum Gasteiger partial charge on any atom is -0.381 e. The Labute approximate surface area is 145 Å². The maximum atomic E-state index is 13.9. The first kappa shape index (κ1) is 16.2. The average Bonchev–Trinajstić information content (AvgIpc) is 3.27. The third-order valence-electron chi connectivity index (χ3n) is 5.43. The van der Waals surface area contributed by atoms with Gasteiger partial charge in [0.15, 0.2) is 0 Å². The Kier molecular flexibility index (Phi) is 4.25. The molecule has 1 aliphatic carbocycles. The molecule has 2 heterocycles. The lowest BCUT2D eigenvalue weighted by molar-refractivity contribution is -0.137. The third-order valence-corrected chi connectivity index (χ3v) is 5.43. The molecule has 2 aliphatic rings. The molecule has 1 aromatic carbocycles. The Balaban J connectivity index is 1.55. The number of benzene rings is 1. The average molecular weight is 344 g/mol. The summed E-state index contributed by atoms with van der Waals surface area (Å²) in [6.45, 7) is 1.11. The quantitative estimate of drug-likeness (QED) is 0.890. The summed E-state index contributed by atoms with van der Waals surface area (Å²) in [5.74, 6) is -0.182. The molecule has 0 saturated carbocycles. The summed E-state index contributed by atoms with van der Waals surface area (Å²) in [7, 11) is 0. The molecule has 1 unspecified atom stereocenters. The van der Waals surface area contributed by atoms with Crippen LogP contribution in [-0.2, 0) is 22.4 Å². The molecule has 1 saturated heterocycles. The molecule has 1 fully saturated rings. The fourth-order valence-corrected chi connectivity index (χ4v) is 3.97. The second kappa shape index (κ2) is 6.55. The van der Waals surface area contributed by atoms with Gasteiger partial charge in [0.1, 0.15) is 5.82 Å².